The number of nitrogens with zero attached hydrogens (tertiary/aromatic N) is 1. The monoisotopic (exact) mass is 418 g/mol. The normalized spacial score (nSPS) is 11.2. The number of rotatable bonds is 4. The number of hydrogen-bond donors (Lipinski definition) is 1. The summed E-state index contributed by atoms with van der Waals surface area (Å²) in [6.45, 7) is 0. The van der Waals surface area contributed by atoms with Crippen LogP contribution in [0, 0.1) is 0 Å². The molecule has 3 nitrogen and oxygen atoms in total. The Kier molecular flexibility index (Phi) is 4.29. The van der Waals surface area contributed by atoms with Gasteiger partial charge in [0.05, 0.1) is 0 Å². The second-order valence-electron chi connectivity index (χ2n) is 7.38. The van der Waals surface area contributed by atoms with Gasteiger partial charge in [-0.25, -0.2) is 4.98 Å². The lowest BCUT2D eigenvalue weighted by molar-refractivity contribution is 0.620. The molecule has 31 heavy (non-hydrogen) atoms. The van der Waals surface area contributed by atoms with E-state index >= 15 is 0 Å². The number of anilines is 2. The zero-order valence-corrected chi connectivity index (χ0v) is 17.4. The minimum Gasteiger partial charge on any atom is -0.436 e. The smallest absolute Gasteiger partial charge is 0.227 e. The number of nitrogens with one attached hydrogen (secondary N) is 1. The molecule has 1 aliphatic heterocycles. The van der Waals surface area contributed by atoms with E-state index in [1.807, 2.05) is 47.7 Å². The molecule has 0 spiro atoms. The molecule has 148 valence electrons. The van der Waals surface area contributed by atoms with Crippen LogP contribution in [0.4, 0.5) is 11.4 Å². The van der Waals surface area contributed by atoms with E-state index in [0.717, 1.165) is 28.0 Å². The van der Waals surface area contributed by atoms with Crippen LogP contribution in [0.5, 0.6) is 0 Å². The van der Waals surface area contributed by atoms with E-state index < -0.39 is 0 Å². The molecule has 0 saturated carbocycles. The van der Waals surface area contributed by atoms with Gasteiger partial charge in [-0.1, -0.05) is 48.5 Å². The predicted molar refractivity (Wildman–Crippen MR) is 129 cm³/mol. The second-order valence-corrected chi connectivity index (χ2v) is 8.46. The van der Waals surface area contributed by atoms with Crippen LogP contribution in [-0.2, 0) is 0 Å². The molecule has 1 N–H and O–H groups in total. The Labute approximate surface area is 184 Å². The van der Waals surface area contributed by atoms with Crippen LogP contribution in [0.25, 0.3) is 43.4 Å². The molecule has 0 fully saturated rings. The molecule has 4 heteroatoms. The van der Waals surface area contributed by atoms with Gasteiger partial charge in [-0.2, -0.15) is 0 Å². The quantitative estimate of drug-likeness (QED) is 0.314. The molecule has 0 radical (unpaired) electrons. The van der Waals surface area contributed by atoms with Crippen molar-refractivity contribution in [2.24, 2.45) is 0 Å². The van der Waals surface area contributed by atoms with E-state index in [0.29, 0.717) is 5.89 Å². The summed E-state index contributed by atoms with van der Waals surface area (Å²) in [5.74, 6) is 0.637. The largest absolute Gasteiger partial charge is 0.436 e. The van der Waals surface area contributed by atoms with Crippen LogP contribution in [-0.4, -0.2) is 4.98 Å². The maximum atomic E-state index is 5.89. The lowest BCUT2D eigenvalue weighted by atomic mass is 10.1. The molecule has 4 aromatic rings. The molecule has 0 bridgehead atoms. The number of fused-ring (bicyclic) bond motifs is 2. The van der Waals surface area contributed by atoms with Crippen LogP contribution in [0.15, 0.2) is 108 Å². The summed E-state index contributed by atoms with van der Waals surface area (Å²) in [6.07, 6.45) is 0. The first-order valence-electron chi connectivity index (χ1n) is 10.1. The first kappa shape index (κ1) is 17.9. The Hall–Kier alpha value is -3.89. The van der Waals surface area contributed by atoms with Crippen LogP contribution >= 0.6 is 11.3 Å². The molecule has 1 aromatic heterocycles. The van der Waals surface area contributed by atoms with Crippen molar-refractivity contribution in [1.29, 1.82) is 0 Å². The predicted octanol–water partition coefficient (Wildman–Crippen LogP) is 8.07. The van der Waals surface area contributed by atoms with Crippen LogP contribution in [0.1, 0.15) is 0 Å². The summed E-state index contributed by atoms with van der Waals surface area (Å²) < 4.78 is 5.89. The van der Waals surface area contributed by atoms with Crippen molar-refractivity contribution in [3.63, 3.8) is 0 Å². The van der Waals surface area contributed by atoms with Gasteiger partial charge in [-0.05, 0) is 60.2 Å². The third-order valence-corrected chi connectivity index (χ3v) is 6.51. The van der Waals surface area contributed by atoms with Crippen LogP contribution in [0.2, 0.25) is 0 Å². The molecule has 0 saturated heterocycles. The first-order valence-corrected chi connectivity index (χ1v) is 11.0. The molecule has 0 unspecified atom stereocenters. The average molecular weight is 419 g/mol. The van der Waals surface area contributed by atoms with Gasteiger partial charge in [0, 0.05) is 32.3 Å². The van der Waals surface area contributed by atoms with Gasteiger partial charge in [0.2, 0.25) is 5.89 Å². The van der Waals surface area contributed by atoms with E-state index in [4.69, 9.17) is 4.42 Å². The Morgan fingerprint density at radius 3 is 2.35 bits per heavy atom. The lowest BCUT2D eigenvalue weighted by Gasteiger charge is -2.13. The van der Waals surface area contributed by atoms with Gasteiger partial charge in [0.1, 0.15) is 5.52 Å². The van der Waals surface area contributed by atoms with Gasteiger partial charge in [-0.3, -0.25) is 0 Å². The van der Waals surface area contributed by atoms with E-state index in [9.17, 15) is 0 Å². The highest BCUT2D eigenvalue weighted by Gasteiger charge is 2.11. The average Bonchev–Trinajstić information content (AvgIpc) is 3.46. The van der Waals surface area contributed by atoms with Gasteiger partial charge >= 0.3 is 0 Å². The topological polar surface area (TPSA) is 38.1 Å². The standard InChI is InChI=1S/C27H18N2OS/c1-2-8-22(21(7-1)26-17-14-18-6-5-11-25(18)31-26)28-20-15-12-19(13-16-20)27-29-23-9-3-4-10-24(23)30-27/h1-17,28H. The van der Waals surface area contributed by atoms with E-state index in [-0.39, 0.29) is 0 Å². The van der Waals surface area contributed by atoms with Crippen LogP contribution < -0.4 is 5.32 Å². The van der Waals surface area contributed by atoms with Crippen molar-refractivity contribution >= 4 is 33.8 Å². The van der Waals surface area contributed by atoms with Crippen molar-refractivity contribution in [2.75, 3.05) is 5.32 Å². The summed E-state index contributed by atoms with van der Waals surface area (Å²) in [4.78, 5) is 7.13. The van der Waals surface area contributed by atoms with Crippen molar-refractivity contribution in [2.45, 2.75) is 0 Å². The molecule has 1 aliphatic carbocycles. The summed E-state index contributed by atoms with van der Waals surface area (Å²) in [5, 5.41) is 3.57. The molecule has 3 aromatic carbocycles. The third kappa shape index (κ3) is 3.37. The fourth-order valence-corrected chi connectivity index (χ4v) is 4.83. The molecule has 0 amide bonds. The first-order chi connectivity index (χ1) is 15.3. The highest BCUT2D eigenvalue weighted by Crippen LogP contribution is 2.38. The van der Waals surface area contributed by atoms with Crippen molar-refractivity contribution in [3.8, 4) is 32.3 Å². The van der Waals surface area contributed by atoms with Gasteiger partial charge in [0.25, 0.3) is 0 Å². The SMILES string of the molecule is c1cc2ccc(-c3ccccc3Nc3ccc(-c4nc5ccccc5o4)cc3)sc-2c1. The summed E-state index contributed by atoms with van der Waals surface area (Å²) >= 11 is 1.81. The zero-order valence-electron chi connectivity index (χ0n) is 16.6. The Bertz CT molecular complexity index is 1430. The molecule has 2 aliphatic rings. The van der Waals surface area contributed by atoms with E-state index in [2.05, 4.69) is 77.0 Å². The second kappa shape index (κ2) is 7.42. The number of aromatic nitrogens is 1. The van der Waals surface area contributed by atoms with Crippen molar-refractivity contribution in [3.05, 3.63) is 103 Å². The number of para-hydroxylation sites is 3. The van der Waals surface area contributed by atoms with Gasteiger partial charge in [-0.15, -0.1) is 11.3 Å². The highest BCUT2D eigenvalue weighted by atomic mass is 32.1. The minimum atomic E-state index is 0.637. The summed E-state index contributed by atoms with van der Waals surface area (Å²) in [6, 6.07) is 35.2. The zero-order chi connectivity index (χ0) is 20.6. The molecule has 0 atom stereocenters. The third-order valence-electron chi connectivity index (χ3n) is 5.34. The lowest BCUT2D eigenvalue weighted by Crippen LogP contribution is -1.93. The number of hydrogen-bond acceptors (Lipinski definition) is 4. The number of benzene rings is 3. The maximum Gasteiger partial charge on any atom is 0.227 e. The Morgan fingerprint density at radius 2 is 1.45 bits per heavy atom. The van der Waals surface area contributed by atoms with Crippen LogP contribution in [0.3, 0.4) is 0 Å². The molecule has 6 rings (SSSR count). The van der Waals surface area contributed by atoms with Crippen molar-refractivity contribution in [1.82, 2.24) is 4.98 Å². The summed E-state index contributed by atoms with van der Waals surface area (Å²) in [7, 11) is 0. The minimum absolute atomic E-state index is 0.637. The van der Waals surface area contributed by atoms with Crippen molar-refractivity contribution < 1.29 is 4.42 Å². The molecular weight excluding hydrogens is 400 g/mol. The van der Waals surface area contributed by atoms with E-state index in [1.54, 1.807) is 0 Å². The fraction of sp³-hybridized carbons (Fsp3) is 0. The Morgan fingerprint density at radius 1 is 0.645 bits per heavy atom. The molecule has 2 heterocycles. The number of oxazole rings is 1. The summed E-state index contributed by atoms with van der Waals surface area (Å²) in [5.41, 5.74) is 7.21. The van der Waals surface area contributed by atoms with Gasteiger partial charge in [0.15, 0.2) is 5.58 Å². The fourth-order valence-electron chi connectivity index (χ4n) is 3.77. The molecular formula is C27H18N2OS. The Balaban J connectivity index is 1.30. The highest BCUT2D eigenvalue weighted by molar-refractivity contribution is 7.18. The maximum absolute atomic E-state index is 5.89. The van der Waals surface area contributed by atoms with E-state index in [1.165, 1.54) is 20.9 Å². The van der Waals surface area contributed by atoms with Gasteiger partial charge < -0.3 is 9.73 Å².